The summed E-state index contributed by atoms with van der Waals surface area (Å²) < 4.78 is 6.01. The Hall–Kier alpha value is -1.92. The molecule has 6 nitrogen and oxygen atoms in total. The largest absolute Gasteiger partial charge is 0.481 e. The summed E-state index contributed by atoms with van der Waals surface area (Å²) in [4.78, 5) is 24.3. The number of benzene rings is 1. The highest BCUT2D eigenvalue weighted by Crippen LogP contribution is 2.59. The Morgan fingerprint density at radius 2 is 2.00 bits per heavy atom. The summed E-state index contributed by atoms with van der Waals surface area (Å²) in [7, 11) is 0. The smallest absolute Gasteiger partial charge is 0.248 e. The van der Waals surface area contributed by atoms with E-state index >= 15 is 0 Å². The Bertz CT molecular complexity index is 682. The lowest BCUT2D eigenvalue weighted by Gasteiger charge is -2.24. The highest BCUT2D eigenvalue weighted by Gasteiger charge is 2.58. The molecule has 2 heterocycles. The van der Waals surface area contributed by atoms with Gasteiger partial charge in [0.1, 0.15) is 5.75 Å². The minimum absolute atomic E-state index is 0.118. The minimum atomic E-state index is -0.492. The maximum Gasteiger partial charge on any atom is 0.248 e. The number of fused-ring (bicyclic) bond motifs is 1. The molecule has 2 fully saturated rings. The third-order valence-electron chi connectivity index (χ3n) is 5.72. The van der Waals surface area contributed by atoms with E-state index in [0.29, 0.717) is 24.4 Å². The van der Waals surface area contributed by atoms with Crippen LogP contribution in [-0.2, 0) is 11.3 Å². The molecule has 6 heteroatoms. The van der Waals surface area contributed by atoms with E-state index in [1.807, 2.05) is 6.07 Å². The van der Waals surface area contributed by atoms with Crippen LogP contribution < -0.4 is 21.1 Å². The molecule has 1 aromatic rings. The number of primary amides is 1. The number of rotatable bonds is 3. The van der Waals surface area contributed by atoms with Crippen LogP contribution in [-0.4, -0.2) is 37.4 Å². The van der Waals surface area contributed by atoms with Gasteiger partial charge in [-0.3, -0.25) is 9.59 Å². The van der Waals surface area contributed by atoms with Gasteiger partial charge < -0.3 is 21.1 Å². The molecular weight excluding hydrogens is 306 g/mol. The minimum Gasteiger partial charge on any atom is -0.481 e. The topological polar surface area (TPSA) is 93.5 Å². The molecule has 2 aliphatic heterocycles. The zero-order valence-corrected chi connectivity index (χ0v) is 13.6. The molecule has 0 aromatic heterocycles. The zero-order chi connectivity index (χ0) is 16.7. The van der Waals surface area contributed by atoms with Crippen molar-refractivity contribution >= 4 is 11.7 Å². The van der Waals surface area contributed by atoms with E-state index in [4.69, 9.17) is 10.5 Å². The molecule has 2 unspecified atom stereocenters. The average Bonchev–Trinajstić information content (AvgIpc) is 3.31. The van der Waals surface area contributed by atoms with Gasteiger partial charge in [-0.1, -0.05) is 6.07 Å². The van der Waals surface area contributed by atoms with Crippen molar-refractivity contribution in [3.8, 4) is 5.75 Å². The molecule has 0 bridgehead atoms. The zero-order valence-electron chi connectivity index (χ0n) is 13.6. The summed E-state index contributed by atoms with van der Waals surface area (Å²) in [5.74, 6) is 0.418. The second kappa shape index (κ2) is 5.86. The number of ketones is 1. The van der Waals surface area contributed by atoms with Gasteiger partial charge in [0, 0.05) is 30.1 Å². The lowest BCUT2D eigenvalue weighted by atomic mass is 9.90. The fourth-order valence-corrected chi connectivity index (χ4v) is 4.11. The molecule has 1 aromatic carbocycles. The quantitative estimate of drug-likeness (QED) is 0.755. The Morgan fingerprint density at radius 1 is 1.21 bits per heavy atom. The van der Waals surface area contributed by atoms with Crippen LogP contribution in [0.5, 0.6) is 5.75 Å². The maximum atomic E-state index is 12.9. The monoisotopic (exact) mass is 329 g/mol. The van der Waals surface area contributed by atoms with Gasteiger partial charge in [0.2, 0.25) is 5.91 Å². The molecular formula is C18H23N3O3. The number of ether oxygens (including phenoxy) is 1. The summed E-state index contributed by atoms with van der Waals surface area (Å²) >= 11 is 0. The summed E-state index contributed by atoms with van der Waals surface area (Å²) in [6.45, 7) is 3.12. The molecule has 24 heavy (non-hydrogen) atoms. The number of carbonyl (C=O) groups is 2. The molecule has 1 amide bonds. The molecule has 128 valence electrons. The van der Waals surface area contributed by atoms with Crippen LogP contribution >= 0.6 is 0 Å². The maximum absolute atomic E-state index is 12.9. The van der Waals surface area contributed by atoms with Gasteiger partial charge in [0.05, 0.1) is 0 Å². The van der Waals surface area contributed by atoms with E-state index in [9.17, 15) is 9.59 Å². The predicted molar refractivity (Wildman–Crippen MR) is 88.7 cm³/mol. The highest BCUT2D eigenvalue weighted by atomic mass is 16.5. The highest BCUT2D eigenvalue weighted by molar-refractivity contribution is 5.93. The summed E-state index contributed by atoms with van der Waals surface area (Å²) in [6, 6.07) is 5.18. The molecule has 1 saturated heterocycles. The van der Waals surface area contributed by atoms with Crippen LogP contribution in [0.25, 0.3) is 0 Å². The number of Topliss-reactive ketones (excluding diaryl/α,β-unsaturated/α-hetero) is 1. The van der Waals surface area contributed by atoms with Crippen molar-refractivity contribution < 1.29 is 14.3 Å². The van der Waals surface area contributed by atoms with Crippen molar-refractivity contribution in [1.82, 2.24) is 10.6 Å². The predicted octanol–water partition coefficient (Wildman–Crippen LogP) is 0.595. The summed E-state index contributed by atoms with van der Waals surface area (Å²) in [5, 5.41) is 6.64. The van der Waals surface area contributed by atoms with Crippen LogP contribution in [0.15, 0.2) is 18.2 Å². The molecule has 1 saturated carbocycles. The van der Waals surface area contributed by atoms with Gasteiger partial charge in [-0.15, -0.1) is 0 Å². The molecule has 0 radical (unpaired) electrons. The van der Waals surface area contributed by atoms with E-state index in [1.54, 1.807) is 12.1 Å². The van der Waals surface area contributed by atoms with Gasteiger partial charge in [-0.2, -0.15) is 0 Å². The van der Waals surface area contributed by atoms with Crippen molar-refractivity contribution in [3.05, 3.63) is 29.3 Å². The Balaban J connectivity index is 1.51. The van der Waals surface area contributed by atoms with Crippen LogP contribution in [0.1, 0.15) is 35.2 Å². The molecule has 3 aliphatic rings. The third kappa shape index (κ3) is 2.70. The lowest BCUT2D eigenvalue weighted by Crippen LogP contribution is -2.39. The summed E-state index contributed by atoms with van der Waals surface area (Å²) in [6.07, 6.45) is 2.65. The Labute approximate surface area is 141 Å². The van der Waals surface area contributed by atoms with E-state index in [2.05, 4.69) is 10.6 Å². The van der Waals surface area contributed by atoms with Crippen LogP contribution in [0.3, 0.4) is 0 Å². The standard InChI is InChI=1S/C18H23N3O3/c19-17(23)11-1-2-12-9-21-10-15(24-14(12)7-11)16(22)13-8-18(13)3-5-20-6-4-18/h1-2,7,13,15,20-21H,3-6,8-10H2,(H2,19,23). The van der Waals surface area contributed by atoms with Crippen molar-refractivity contribution in [2.24, 2.45) is 17.1 Å². The number of nitrogens with two attached hydrogens (primary N) is 1. The Morgan fingerprint density at radius 3 is 2.75 bits per heavy atom. The number of piperidine rings is 1. The number of hydrogen-bond acceptors (Lipinski definition) is 5. The second-order valence-electron chi connectivity index (χ2n) is 7.20. The fraction of sp³-hybridized carbons (Fsp3) is 0.556. The Kier molecular flexibility index (Phi) is 3.81. The van der Waals surface area contributed by atoms with Crippen LogP contribution in [0.2, 0.25) is 0 Å². The first kappa shape index (κ1) is 15.6. The van der Waals surface area contributed by atoms with E-state index in [0.717, 1.165) is 37.9 Å². The molecule has 1 aliphatic carbocycles. The average molecular weight is 329 g/mol. The first-order valence-electron chi connectivity index (χ1n) is 8.64. The number of nitrogens with one attached hydrogen (secondary N) is 2. The first-order chi connectivity index (χ1) is 11.6. The van der Waals surface area contributed by atoms with Crippen molar-refractivity contribution in [2.75, 3.05) is 19.6 Å². The molecule has 1 spiro atoms. The fourth-order valence-electron chi connectivity index (χ4n) is 4.11. The second-order valence-corrected chi connectivity index (χ2v) is 7.20. The van der Waals surface area contributed by atoms with Gasteiger partial charge in [-0.05, 0) is 49.9 Å². The van der Waals surface area contributed by atoms with Crippen LogP contribution in [0, 0.1) is 11.3 Å². The van der Waals surface area contributed by atoms with E-state index < -0.39 is 12.0 Å². The number of carbonyl (C=O) groups excluding carboxylic acids is 2. The SMILES string of the molecule is NC(=O)c1ccc2c(c1)OC(C(=O)C1CC13CCNCC3)CNC2. The van der Waals surface area contributed by atoms with Crippen molar-refractivity contribution in [2.45, 2.75) is 31.9 Å². The lowest BCUT2D eigenvalue weighted by molar-refractivity contribution is -0.127. The third-order valence-corrected chi connectivity index (χ3v) is 5.72. The molecule has 4 N–H and O–H groups in total. The normalized spacial score (nSPS) is 27.7. The van der Waals surface area contributed by atoms with E-state index in [1.165, 1.54) is 0 Å². The molecule has 2 atom stereocenters. The van der Waals surface area contributed by atoms with E-state index in [-0.39, 0.29) is 17.1 Å². The van der Waals surface area contributed by atoms with Gasteiger partial charge >= 0.3 is 0 Å². The summed E-state index contributed by atoms with van der Waals surface area (Å²) in [5.41, 5.74) is 6.91. The van der Waals surface area contributed by atoms with Gasteiger partial charge in [0.15, 0.2) is 11.9 Å². The van der Waals surface area contributed by atoms with Gasteiger partial charge in [-0.25, -0.2) is 0 Å². The van der Waals surface area contributed by atoms with Crippen LogP contribution in [0.4, 0.5) is 0 Å². The first-order valence-corrected chi connectivity index (χ1v) is 8.64. The number of amides is 1. The van der Waals surface area contributed by atoms with Crippen molar-refractivity contribution in [1.29, 1.82) is 0 Å². The number of hydrogen-bond donors (Lipinski definition) is 3. The van der Waals surface area contributed by atoms with Gasteiger partial charge in [0.25, 0.3) is 0 Å². The molecule has 4 rings (SSSR count). The van der Waals surface area contributed by atoms with Crippen molar-refractivity contribution in [3.63, 3.8) is 0 Å².